The molecule has 4 heteroatoms. The summed E-state index contributed by atoms with van der Waals surface area (Å²) in [7, 11) is 0. The third kappa shape index (κ3) is 5.83. The molecule has 11 rings (SSSR count). The quantitative estimate of drug-likeness (QED) is 0.171. The van der Waals surface area contributed by atoms with E-state index in [1.165, 1.54) is 32.8 Å². The lowest BCUT2D eigenvalue weighted by Crippen LogP contribution is -2.00. The summed E-state index contributed by atoms with van der Waals surface area (Å²) in [5.41, 5.74) is 11.4. The van der Waals surface area contributed by atoms with Gasteiger partial charge in [0.2, 0.25) is 0 Å². The normalized spacial score (nSPS) is 11.5. The van der Waals surface area contributed by atoms with Crippen molar-refractivity contribution in [3.63, 3.8) is 0 Å². The number of hydrogen-bond acceptors (Lipinski definition) is 4. The third-order valence-electron chi connectivity index (χ3n) is 10.9. The zero-order valence-corrected chi connectivity index (χ0v) is 30.8. The molecule has 0 atom stereocenters. The average molecular weight is 728 g/mol. The molecule has 0 saturated carbocycles. The zero-order chi connectivity index (χ0) is 37.7. The van der Waals surface area contributed by atoms with Gasteiger partial charge in [-0.2, -0.15) is 0 Å². The predicted octanol–water partition coefficient (Wildman–Crippen LogP) is 14.1. The van der Waals surface area contributed by atoms with E-state index in [0.29, 0.717) is 17.5 Å². The summed E-state index contributed by atoms with van der Waals surface area (Å²) in [5, 5.41) is 6.92. The summed E-state index contributed by atoms with van der Waals surface area (Å²) in [6.07, 6.45) is 0. The number of nitrogens with zero attached hydrogens (tertiary/aromatic N) is 3. The van der Waals surface area contributed by atoms with Crippen molar-refractivity contribution in [1.29, 1.82) is 0 Å². The molecule has 0 aliphatic rings. The van der Waals surface area contributed by atoms with Gasteiger partial charge in [0, 0.05) is 32.8 Å². The van der Waals surface area contributed by atoms with Gasteiger partial charge >= 0.3 is 0 Å². The largest absolute Gasteiger partial charge is 0.455 e. The van der Waals surface area contributed by atoms with E-state index in [4.69, 9.17) is 19.4 Å². The molecule has 0 amide bonds. The first kappa shape index (κ1) is 32.7. The lowest BCUT2D eigenvalue weighted by molar-refractivity contribution is 0.673. The van der Waals surface area contributed by atoms with E-state index in [9.17, 15) is 0 Å². The first-order valence-electron chi connectivity index (χ1n) is 19.2. The van der Waals surface area contributed by atoms with Crippen molar-refractivity contribution >= 4 is 43.5 Å². The van der Waals surface area contributed by atoms with Gasteiger partial charge in [-0.05, 0) is 67.7 Å². The van der Waals surface area contributed by atoms with Crippen LogP contribution in [0.5, 0.6) is 0 Å². The van der Waals surface area contributed by atoms with Crippen LogP contribution < -0.4 is 0 Å². The lowest BCUT2D eigenvalue weighted by atomic mass is 9.92. The fourth-order valence-electron chi connectivity index (χ4n) is 8.08. The number of aromatic nitrogens is 3. The topological polar surface area (TPSA) is 51.8 Å². The first-order chi connectivity index (χ1) is 28.2. The smallest absolute Gasteiger partial charge is 0.164 e. The van der Waals surface area contributed by atoms with E-state index in [-0.39, 0.29) is 0 Å². The van der Waals surface area contributed by atoms with Crippen molar-refractivity contribution in [2.24, 2.45) is 0 Å². The Labute approximate surface area is 329 Å². The summed E-state index contributed by atoms with van der Waals surface area (Å²) >= 11 is 0. The SMILES string of the molecule is c1ccc(-c2ccc(-c3nc(-c4ccccc4)nc(-c4ccc(-c5cccc6oc7c8ccccc8c(-c8ccc9ccccc9c8)cc7c56)cc4)n3)cc2)cc1. The second-order valence-corrected chi connectivity index (χ2v) is 14.4. The van der Waals surface area contributed by atoms with E-state index >= 15 is 0 Å². The van der Waals surface area contributed by atoms with Crippen molar-refractivity contribution < 1.29 is 4.42 Å². The minimum Gasteiger partial charge on any atom is -0.455 e. The molecule has 266 valence electrons. The molecule has 57 heavy (non-hydrogen) atoms. The maximum Gasteiger partial charge on any atom is 0.164 e. The van der Waals surface area contributed by atoms with Gasteiger partial charge in [-0.3, -0.25) is 0 Å². The maximum atomic E-state index is 6.70. The predicted molar refractivity (Wildman–Crippen MR) is 235 cm³/mol. The van der Waals surface area contributed by atoms with Crippen molar-refractivity contribution in [2.45, 2.75) is 0 Å². The van der Waals surface area contributed by atoms with Crippen LogP contribution in [0, 0.1) is 0 Å². The fourth-order valence-corrected chi connectivity index (χ4v) is 8.08. The Morgan fingerprint density at radius 2 is 0.807 bits per heavy atom. The van der Waals surface area contributed by atoms with Crippen LogP contribution in [-0.4, -0.2) is 15.0 Å². The summed E-state index contributed by atoms with van der Waals surface area (Å²) in [4.78, 5) is 15.0. The molecule has 0 N–H and O–H groups in total. The number of hydrogen-bond donors (Lipinski definition) is 0. The van der Waals surface area contributed by atoms with Crippen LogP contribution in [0.1, 0.15) is 0 Å². The van der Waals surface area contributed by atoms with E-state index in [1.54, 1.807) is 0 Å². The van der Waals surface area contributed by atoms with Crippen LogP contribution in [0.2, 0.25) is 0 Å². The minimum atomic E-state index is 0.621. The van der Waals surface area contributed by atoms with Crippen LogP contribution >= 0.6 is 0 Å². The van der Waals surface area contributed by atoms with E-state index in [0.717, 1.165) is 60.7 Å². The Morgan fingerprint density at radius 1 is 0.298 bits per heavy atom. The first-order valence-corrected chi connectivity index (χ1v) is 19.2. The highest BCUT2D eigenvalue weighted by Gasteiger charge is 2.19. The van der Waals surface area contributed by atoms with Crippen molar-refractivity contribution in [3.8, 4) is 67.5 Å². The minimum absolute atomic E-state index is 0.621. The van der Waals surface area contributed by atoms with Crippen LogP contribution in [0.15, 0.2) is 205 Å². The lowest BCUT2D eigenvalue weighted by Gasteiger charge is -2.11. The average Bonchev–Trinajstić information content (AvgIpc) is 3.68. The van der Waals surface area contributed by atoms with E-state index in [1.807, 2.05) is 36.4 Å². The molecule has 0 unspecified atom stereocenters. The molecule has 9 aromatic carbocycles. The van der Waals surface area contributed by atoms with Crippen LogP contribution in [0.3, 0.4) is 0 Å². The Morgan fingerprint density at radius 3 is 1.49 bits per heavy atom. The zero-order valence-electron chi connectivity index (χ0n) is 30.8. The Hall–Kier alpha value is -7.69. The van der Waals surface area contributed by atoms with Crippen molar-refractivity contribution in [2.75, 3.05) is 0 Å². The second kappa shape index (κ2) is 13.6. The van der Waals surface area contributed by atoms with Crippen LogP contribution in [-0.2, 0) is 0 Å². The van der Waals surface area contributed by atoms with Gasteiger partial charge < -0.3 is 4.42 Å². The summed E-state index contributed by atoms with van der Waals surface area (Å²) in [6, 6.07) is 69.9. The summed E-state index contributed by atoms with van der Waals surface area (Å²) < 4.78 is 6.70. The molecule has 0 saturated heterocycles. The Balaban J connectivity index is 1.02. The number of benzene rings is 9. The van der Waals surface area contributed by atoms with Gasteiger partial charge in [-0.1, -0.05) is 182 Å². The van der Waals surface area contributed by atoms with Gasteiger partial charge in [0.1, 0.15) is 11.2 Å². The van der Waals surface area contributed by atoms with Crippen LogP contribution in [0.4, 0.5) is 0 Å². The number of rotatable bonds is 6. The molecule has 0 aliphatic carbocycles. The van der Waals surface area contributed by atoms with Crippen LogP contribution in [0.25, 0.3) is 111 Å². The molecule has 11 aromatic rings. The molecule has 0 aliphatic heterocycles. The highest BCUT2D eigenvalue weighted by atomic mass is 16.3. The number of fused-ring (bicyclic) bond motifs is 6. The molecule has 4 nitrogen and oxygen atoms in total. The third-order valence-corrected chi connectivity index (χ3v) is 10.9. The molecule has 0 radical (unpaired) electrons. The monoisotopic (exact) mass is 727 g/mol. The van der Waals surface area contributed by atoms with Gasteiger partial charge in [0.25, 0.3) is 0 Å². The molecule has 2 heterocycles. The Kier molecular flexibility index (Phi) is 7.78. The van der Waals surface area contributed by atoms with E-state index < -0.39 is 0 Å². The molecule has 2 aromatic heterocycles. The Bertz CT molecular complexity index is 3260. The molecule has 0 fully saturated rings. The maximum absolute atomic E-state index is 6.70. The number of furan rings is 1. The highest BCUT2D eigenvalue weighted by molar-refractivity contribution is 6.22. The molecular weight excluding hydrogens is 695 g/mol. The van der Waals surface area contributed by atoms with Crippen molar-refractivity contribution in [1.82, 2.24) is 15.0 Å². The van der Waals surface area contributed by atoms with E-state index in [2.05, 4.69) is 164 Å². The summed E-state index contributed by atoms with van der Waals surface area (Å²) in [5.74, 6) is 1.89. The molecule has 0 spiro atoms. The standard InChI is InChI=1S/C53H33N3O/c1-3-12-34(13-4-1)36-22-27-39(28-23-36)52-54-51(38-15-5-2-6-16-38)55-53(56-52)40-29-25-37(26-30-40)43-20-11-21-48-49(43)47-33-46(44-18-9-10-19-45(44)50(47)57-48)42-31-24-35-14-7-8-17-41(35)32-42/h1-33H. The van der Waals surface area contributed by atoms with Gasteiger partial charge in [0.05, 0.1) is 0 Å². The van der Waals surface area contributed by atoms with Crippen molar-refractivity contribution in [3.05, 3.63) is 200 Å². The summed E-state index contributed by atoms with van der Waals surface area (Å²) in [6.45, 7) is 0. The second-order valence-electron chi connectivity index (χ2n) is 14.4. The highest BCUT2D eigenvalue weighted by Crippen LogP contribution is 2.43. The fraction of sp³-hybridized carbons (Fsp3) is 0. The van der Waals surface area contributed by atoms with Gasteiger partial charge in [-0.25, -0.2) is 15.0 Å². The van der Waals surface area contributed by atoms with Gasteiger partial charge in [0.15, 0.2) is 17.5 Å². The molecular formula is C53H33N3O. The molecule has 0 bridgehead atoms. The van der Waals surface area contributed by atoms with Gasteiger partial charge in [-0.15, -0.1) is 0 Å².